The Bertz CT molecular complexity index is 198. The maximum atomic E-state index is 4.61. The molecule has 1 aliphatic rings. The number of aliphatic imine (C=N–C) groups is 1. The zero-order valence-electron chi connectivity index (χ0n) is 10.8. The summed E-state index contributed by atoms with van der Waals surface area (Å²) in [6, 6.07) is 0. The van der Waals surface area contributed by atoms with Gasteiger partial charge in [0.25, 0.3) is 0 Å². The molecule has 0 atom stereocenters. The monoisotopic (exact) mass is 339 g/mol. The lowest BCUT2D eigenvalue weighted by Crippen LogP contribution is -2.45. The molecule has 0 amide bonds. The number of rotatable bonds is 3. The average Bonchev–Trinajstić information content (AvgIpc) is 2.25. The van der Waals surface area contributed by atoms with Crippen LogP contribution < -0.4 is 5.32 Å². The van der Waals surface area contributed by atoms with E-state index in [0.29, 0.717) is 0 Å². The van der Waals surface area contributed by atoms with Crippen molar-refractivity contribution in [1.82, 2.24) is 10.2 Å². The van der Waals surface area contributed by atoms with Gasteiger partial charge in [-0.25, -0.2) is 0 Å². The van der Waals surface area contributed by atoms with Gasteiger partial charge in [0.05, 0.1) is 0 Å². The van der Waals surface area contributed by atoms with Gasteiger partial charge >= 0.3 is 0 Å². The van der Waals surface area contributed by atoms with Gasteiger partial charge in [-0.2, -0.15) is 0 Å². The molecule has 1 fully saturated rings. The molecule has 1 saturated heterocycles. The maximum Gasteiger partial charge on any atom is 0.193 e. The molecule has 0 aliphatic carbocycles. The van der Waals surface area contributed by atoms with E-state index >= 15 is 0 Å². The van der Waals surface area contributed by atoms with Crippen LogP contribution in [0.2, 0.25) is 0 Å². The summed E-state index contributed by atoms with van der Waals surface area (Å²) >= 11 is 0. The second kappa shape index (κ2) is 9.07. The van der Waals surface area contributed by atoms with Crippen LogP contribution in [0.15, 0.2) is 4.99 Å². The van der Waals surface area contributed by atoms with Crippen LogP contribution in [0.3, 0.4) is 0 Å². The molecule has 1 aliphatic heterocycles. The molecule has 0 spiro atoms. The highest BCUT2D eigenvalue weighted by atomic mass is 127. The molecule has 0 bridgehead atoms. The minimum absolute atomic E-state index is 0. The van der Waals surface area contributed by atoms with E-state index in [1.807, 2.05) is 0 Å². The standard InChI is InChI=1S/C12H25N3.HI/c1-4-8-14-12(13-5-2)15-9-6-11(3)7-10-15;/h11H,4-10H2,1-3H3,(H,13,14);1H. The number of hydrogen-bond acceptors (Lipinski definition) is 1. The lowest BCUT2D eigenvalue weighted by Gasteiger charge is -2.32. The fraction of sp³-hybridized carbons (Fsp3) is 0.917. The molecule has 4 heteroatoms. The van der Waals surface area contributed by atoms with Crippen LogP contribution in [-0.2, 0) is 0 Å². The number of nitrogens with zero attached hydrogens (tertiary/aromatic N) is 2. The largest absolute Gasteiger partial charge is 0.357 e. The van der Waals surface area contributed by atoms with E-state index in [2.05, 4.69) is 36.0 Å². The van der Waals surface area contributed by atoms with E-state index < -0.39 is 0 Å². The van der Waals surface area contributed by atoms with Crippen LogP contribution in [0.1, 0.15) is 40.0 Å². The second-order valence-electron chi connectivity index (χ2n) is 4.41. The van der Waals surface area contributed by atoms with E-state index in [1.54, 1.807) is 0 Å². The van der Waals surface area contributed by atoms with Crippen LogP contribution in [0.25, 0.3) is 0 Å². The predicted molar refractivity (Wildman–Crippen MR) is 81.7 cm³/mol. The number of halogens is 1. The van der Waals surface area contributed by atoms with Crippen LogP contribution >= 0.6 is 24.0 Å². The number of likely N-dealkylation sites (tertiary alicyclic amines) is 1. The Morgan fingerprint density at radius 2 is 1.94 bits per heavy atom. The first kappa shape index (κ1) is 16.0. The summed E-state index contributed by atoms with van der Waals surface area (Å²) in [6.45, 7) is 10.9. The third-order valence-electron chi connectivity index (χ3n) is 2.90. The lowest BCUT2D eigenvalue weighted by molar-refractivity contribution is 0.273. The SMILES string of the molecule is CCCN=C(NCC)N1CCC(C)CC1.I. The number of nitrogens with one attached hydrogen (secondary N) is 1. The van der Waals surface area contributed by atoms with Gasteiger partial charge in [-0.15, -0.1) is 24.0 Å². The van der Waals surface area contributed by atoms with Gasteiger partial charge in [-0.05, 0) is 32.1 Å². The summed E-state index contributed by atoms with van der Waals surface area (Å²) in [5.74, 6) is 2.00. The highest BCUT2D eigenvalue weighted by molar-refractivity contribution is 14.0. The van der Waals surface area contributed by atoms with Gasteiger partial charge in [0.2, 0.25) is 0 Å². The number of guanidine groups is 1. The zero-order valence-corrected chi connectivity index (χ0v) is 13.2. The summed E-state index contributed by atoms with van der Waals surface area (Å²) in [5.41, 5.74) is 0. The van der Waals surface area contributed by atoms with Gasteiger partial charge in [-0.3, -0.25) is 4.99 Å². The van der Waals surface area contributed by atoms with Gasteiger partial charge in [0.15, 0.2) is 5.96 Å². The second-order valence-corrected chi connectivity index (χ2v) is 4.41. The van der Waals surface area contributed by atoms with Gasteiger partial charge in [-0.1, -0.05) is 13.8 Å². The molecule has 1 rings (SSSR count). The highest BCUT2D eigenvalue weighted by Gasteiger charge is 2.17. The molecule has 1 heterocycles. The quantitative estimate of drug-likeness (QED) is 0.486. The normalized spacial score (nSPS) is 18.2. The molecule has 0 radical (unpaired) electrons. The van der Waals surface area contributed by atoms with Crippen molar-refractivity contribution in [1.29, 1.82) is 0 Å². The van der Waals surface area contributed by atoms with E-state index in [9.17, 15) is 0 Å². The minimum Gasteiger partial charge on any atom is -0.357 e. The third kappa shape index (κ3) is 5.37. The Morgan fingerprint density at radius 3 is 2.44 bits per heavy atom. The first-order valence-electron chi connectivity index (χ1n) is 6.31. The molecular formula is C12H26IN3. The van der Waals surface area contributed by atoms with E-state index in [1.165, 1.54) is 12.8 Å². The molecule has 0 aromatic rings. The van der Waals surface area contributed by atoms with Crippen molar-refractivity contribution < 1.29 is 0 Å². The van der Waals surface area contributed by atoms with Gasteiger partial charge in [0, 0.05) is 26.2 Å². The van der Waals surface area contributed by atoms with Gasteiger partial charge < -0.3 is 10.2 Å². The Balaban J connectivity index is 0.00000225. The zero-order chi connectivity index (χ0) is 11.1. The van der Waals surface area contributed by atoms with E-state index in [0.717, 1.165) is 44.5 Å². The summed E-state index contributed by atoms with van der Waals surface area (Å²) in [5, 5.41) is 3.38. The lowest BCUT2D eigenvalue weighted by atomic mass is 10.00. The topological polar surface area (TPSA) is 27.6 Å². The number of hydrogen-bond donors (Lipinski definition) is 1. The van der Waals surface area contributed by atoms with E-state index in [4.69, 9.17) is 0 Å². The first-order chi connectivity index (χ1) is 7.27. The van der Waals surface area contributed by atoms with Crippen LogP contribution in [0, 0.1) is 5.92 Å². The Kier molecular flexibility index (Phi) is 9.07. The maximum absolute atomic E-state index is 4.61. The molecule has 3 nitrogen and oxygen atoms in total. The van der Waals surface area contributed by atoms with Crippen molar-refractivity contribution in [2.75, 3.05) is 26.2 Å². The molecule has 0 unspecified atom stereocenters. The third-order valence-corrected chi connectivity index (χ3v) is 2.90. The van der Waals surface area contributed by atoms with Crippen molar-refractivity contribution in [3.05, 3.63) is 0 Å². The molecule has 0 saturated carbocycles. The fourth-order valence-corrected chi connectivity index (χ4v) is 1.86. The summed E-state index contributed by atoms with van der Waals surface area (Å²) in [7, 11) is 0. The number of piperidine rings is 1. The summed E-state index contributed by atoms with van der Waals surface area (Å²) in [6.07, 6.45) is 3.73. The molecule has 0 aromatic heterocycles. The smallest absolute Gasteiger partial charge is 0.193 e. The van der Waals surface area contributed by atoms with Crippen molar-refractivity contribution in [2.24, 2.45) is 10.9 Å². The Labute approximate surface area is 117 Å². The minimum atomic E-state index is 0. The van der Waals surface area contributed by atoms with Crippen molar-refractivity contribution in [3.8, 4) is 0 Å². The van der Waals surface area contributed by atoms with Crippen LogP contribution in [0.5, 0.6) is 0 Å². The van der Waals surface area contributed by atoms with Crippen LogP contribution in [0.4, 0.5) is 0 Å². The first-order valence-corrected chi connectivity index (χ1v) is 6.31. The van der Waals surface area contributed by atoms with Crippen molar-refractivity contribution >= 4 is 29.9 Å². The molecule has 0 aromatic carbocycles. The highest BCUT2D eigenvalue weighted by Crippen LogP contribution is 2.15. The fourth-order valence-electron chi connectivity index (χ4n) is 1.86. The molecule has 1 N–H and O–H groups in total. The van der Waals surface area contributed by atoms with Crippen LogP contribution in [-0.4, -0.2) is 37.0 Å². The van der Waals surface area contributed by atoms with Crippen molar-refractivity contribution in [2.45, 2.75) is 40.0 Å². The van der Waals surface area contributed by atoms with E-state index in [-0.39, 0.29) is 24.0 Å². The Morgan fingerprint density at radius 1 is 1.31 bits per heavy atom. The summed E-state index contributed by atoms with van der Waals surface area (Å²) in [4.78, 5) is 7.01. The predicted octanol–water partition coefficient (Wildman–Crippen LogP) is 2.71. The van der Waals surface area contributed by atoms with Gasteiger partial charge in [0.1, 0.15) is 0 Å². The van der Waals surface area contributed by atoms with Crippen molar-refractivity contribution in [3.63, 3.8) is 0 Å². The molecule has 96 valence electrons. The Hall–Kier alpha value is 0. The molecule has 16 heavy (non-hydrogen) atoms. The average molecular weight is 339 g/mol. The summed E-state index contributed by atoms with van der Waals surface area (Å²) < 4.78 is 0. The molecular weight excluding hydrogens is 313 g/mol.